The average Bonchev–Trinajstić information content (AvgIpc) is 2.18. The van der Waals surface area contributed by atoms with Gasteiger partial charge in [0.25, 0.3) is 0 Å². The van der Waals surface area contributed by atoms with E-state index in [2.05, 4.69) is 19.2 Å². The molecule has 0 spiro atoms. The van der Waals surface area contributed by atoms with Gasteiger partial charge in [-0.3, -0.25) is 5.32 Å². The first-order valence-corrected chi connectivity index (χ1v) is 5.77. The number of hydrogen-bond acceptors (Lipinski definition) is 4. The van der Waals surface area contributed by atoms with Crippen molar-refractivity contribution in [3.8, 4) is 0 Å². The zero-order chi connectivity index (χ0) is 11.3. The molecule has 2 atom stereocenters. The molecule has 0 bridgehead atoms. The summed E-state index contributed by atoms with van der Waals surface area (Å²) in [6.07, 6.45) is 1.01. The van der Waals surface area contributed by atoms with E-state index in [1.54, 1.807) is 0 Å². The van der Waals surface area contributed by atoms with Crippen LogP contribution >= 0.6 is 0 Å². The minimum atomic E-state index is -0.856. The smallest absolute Gasteiger partial charge is 0.213 e. The molecule has 1 aliphatic rings. The summed E-state index contributed by atoms with van der Waals surface area (Å²) in [5, 5.41) is 12.7. The van der Waals surface area contributed by atoms with Crippen LogP contribution in [0.15, 0.2) is 0 Å². The molecule has 1 heterocycles. The predicted molar refractivity (Wildman–Crippen MR) is 58.4 cm³/mol. The first-order chi connectivity index (χ1) is 7.09. The summed E-state index contributed by atoms with van der Waals surface area (Å²) in [5.41, 5.74) is 0. The molecule has 0 aromatic carbocycles. The fourth-order valence-corrected chi connectivity index (χ4v) is 1.45. The van der Waals surface area contributed by atoms with Crippen LogP contribution in [0.25, 0.3) is 0 Å². The molecule has 0 aromatic rings. The number of aliphatic hydroxyl groups excluding tert-OH is 1. The summed E-state index contributed by atoms with van der Waals surface area (Å²) in [6.45, 7) is 7.73. The third-order valence-corrected chi connectivity index (χ3v) is 2.90. The summed E-state index contributed by atoms with van der Waals surface area (Å²) < 4.78 is 10.7. The molecule has 0 saturated carbocycles. The van der Waals surface area contributed by atoms with Gasteiger partial charge in [-0.15, -0.1) is 0 Å². The molecule has 4 heteroatoms. The fraction of sp³-hybridized carbons (Fsp3) is 1.00. The second-order valence-electron chi connectivity index (χ2n) is 4.50. The molecule has 2 unspecified atom stereocenters. The molecule has 1 saturated heterocycles. The molecule has 4 nitrogen and oxygen atoms in total. The molecule has 0 amide bonds. The fourth-order valence-electron chi connectivity index (χ4n) is 1.45. The average molecular weight is 217 g/mol. The van der Waals surface area contributed by atoms with E-state index in [-0.39, 0.29) is 12.1 Å². The minimum absolute atomic E-state index is 0.126. The zero-order valence-electron chi connectivity index (χ0n) is 9.90. The normalized spacial score (nSPS) is 23.0. The number of nitrogens with one attached hydrogen (secondary N) is 1. The van der Waals surface area contributed by atoms with Crippen LogP contribution in [-0.4, -0.2) is 36.9 Å². The molecule has 1 rings (SSSR count). The SMILES string of the molecule is CC(C)C(C)NC(O)OC1CCOCC1. The van der Waals surface area contributed by atoms with Gasteiger partial charge >= 0.3 is 0 Å². The lowest BCUT2D eigenvalue weighted by Gasteiger charge is -2.28. The Labute approximate surface area is 92.0 Å². The summed E-state index contributed by atoms with van der Waals surface area (Å²) in [6, 6.07) is 0.250. The van der Waals surface area contributed by atoms with Crippen molar-refractivity contribution in [2.24, 2.45) is 5.92 Å². The van der Waals surface area contributed by atoms with Crippen LogP contribution in [0.4, 0.5) is 0 Å². The van der Waals surface area contributed by atoms with Gasteiger partial charge in [-0.2, -0.15) is 0 Å². The van der Waals surface area contributed by atoms with Crippen LogP contribution in [0.2, 0.25) is 0 Å². The Morgan fingerprint density at radius 1 is 1.27 bits per heavy atom. The maximum atomic E-state index is 9.65. The second-order valence-corrected chi connectivity index (χ2v) is 4.50. The van der Waals surface area contributed by atoms with Gasteiger partial charge in [0.05, 0.1) is 6.10 Å². The standard InChI is InChI=1S/C11H23NO3/c1-8(2)9(3)12-11(13)15-10-4-6-14-7-5-10/h8-13H,4-7H2,1-3H3. The van der Waals surface area contributed by atoms with Gasteiger partial charge in [0, 0.05) is 19.3 Å². The highest BCUT2D eigenvalue weighted by atomic mass is 16.6. The van der Waals surface area contributed by atoms with E-state index < -0.39 is 6.41 Å². The van der Waals surface area contributed by atoms with Gasteiger partial charge < -0.3 is 14.6 Å². The van der Waals surface area contributed by atoms with Crippen LogP contribution < -0.4 is 5.32 Å². The lowest BCUT2D eigenvalue weighted by Crippen LogP contribution is -2.43. The Hall–Kier alpha value is -0.160. The van der Waals surface area contributed by atoms with E-state index in [9.17, 15) is 5.11 Å². The van der Waals surface area contributed by atoms with Gasteiger partial charge in [-0.05, 0) is 25.7 Å². The quantitative estimate of drug-likeness (QED) is 0.677. The molecule has 2 N–H and O–H groups in total. The predicted octanol–water partition coefficient (Wildman–Crippen LogP) is 1.09. The molecule has 90 valence electrons. The van der Waals surface area contributed by atoms with Gasteiger partial charge in [0.2, 0.25) is 6.41 Å². The Morgan fingerprint density at radius 3 is 2.40 bits per heavy atom. The van der Waals surface area contributed by atoms with Crippen LogP contribution in [0.5, 0.6) is 0 Å². The molecular weight excluding hydrogens is 194 g/mol. The molecule has 1 fully saturated rings. The Kier molecular flexibility index (Phi) is 5.53. The van der Waals surface area contributed by atoms with E-state index in [0.717, 1.165) is 26.1 Å². The summed E-state index contributed by atoms with van der Waals surface area (Å²) in [5.74, 6) is 0.484. The largest absolute Gasteiger partial charge is 0.381 e. The van der Waals surface area contributed by atoms with Gasteiger partial charge in [0.1, 0.15) is 0 Å². The molecule has 0 aliphatic carbocycles. The van der Waals surface area contributed by atoms with Crippen LogP contribution in [0.3, 0.4) is 0 Å². The van der Waals surface area contributed by atoms with Crippen molar-refractivity contribution in [1.29, 1.82) is 0 Å². The molecular formula is C11H23NO3. The van der Waals surface area contributed by atoms with Crippen molar-refractivity contribution < 1.29 is 14.6 Å². The topological polar surface area (TPSA) is 50.7 Å². The molecule has 0 radical (unpaired) electrons. The van der Waals surface area contributed by atoms with Gasteiger partial charge in [-0.1, -0.05) is 13.8 Å². The zero-order valence-corrected chi connectivity index (χ0v) is 9.90. The van der Waals surface area contributed by atoms with E-state index in [0.29, 0.717) is 5.92 Å². The van der Waals surface area contributed by atoms with Crippen molar-refractivity contribution in [2.45, 2.75) is 52.2 Å². The maximum absolute atomic E-state index is 9.65. The highest BCUT2D eigenvalue weighted by Crippen LogP contribution is 2.12. The second kappa shape index (κ2) is 6.43. The number of rotatable bonds is 5. The van der Waals surface area contributed by atoms with Crippen molar-refractivity contribution >= 4 is 0 Å². The number of aliphatic hydroxyl groups is 1. The highest BCUT2D eigenvalue weighted by molar-refractivity contribution is 4.66. The first-order valence-electron chi connectivity index (χ1n) is 5.77. The first kappa shape index (κ1) is 12.9. The molecule has 0 aromatic heterocycles. The van der Waals surface area contributed by atoms with E-state index in [1.165, 1.54) is 0 Å². The summed E-state index contributed by atoms with van der Waals surface area (Å²) in [4.78, 5) is 0. The van der Waals surface area contributed by atoms with Crippen molar-refractivity contribution in [3.63, 3.8) is 0 Å². The van der Waals surface area contributed by atoms with Crippen LogP contribution in [-0.2, 0) is 9.47 Å². The Bertz CT molecular complexity index is 169. The summed E-state index contributed by atoms with van der Waals surface area (Å²) >= 11 is 0. The highest BCUT2D eigenvalue weighted by Gasteiger charge is 2.19. The van der Waals surface area contributed by atoms with Gasteiger partial charge in [-0.25, -0.2) is 0 Å². The Morgan fingerprint density at radius 2 is 1.87 bits per heavy atom. The van der Waals surface area contributed by atoms with Gasteiger partial charge in [0.15, 0.2) is 0 Å². The van der Waals surface area contributed by atoms with E-state index >= 15 is 0 Å². The number of hydrogen-bond donors (Lipinski definition) is 2. The summed E-state index contributed by atoms with van der Waals surface area (Å²) in [7, 11) is 0. The van der Waals surface area contributed by atoms with E-state index in [1.807, 2.05) is 6.92 Å². The van der Waals surface area contributed by atoms with E-state index in [4.69, 9.17) is 9.47 Å². The number of ether oxygens (including phenoxy) is 2. The monoisotopic (exact) mass is 217 g/mol. The minimum Gasteiger partial charge on any atom is -0.381 e. The lowest BCUT2D eigenvalue weighted by atomic mass is 10.1. The van der Waals surface area contributed by atoms with Crippen molar-refractivity contribution in [1.82, 2.24) is 5.32 Å². The maximum Gasteiger partial charge on any atom is 0.213 e. The lowest BCUT2D eigenvalue weighted by molar-refractivity contribution is -0.176. The van der Waals surface area contributed by atoms with Crippen LogP contribution in [0.1, 0.15) is 33.6 Å². The molecule has 15 heavy (non-hydrogen) atoms. The Balaban J connectivity index is 2.19. The third kappa shape index (κ3) is 4.93. The third-order valence-electron chi connectivity index (χ3n) is 2.90. The van der Waals surface area contributed by atoms with Crippen LogP contribution in [0, 0.1) is 5.92 Å². The molecule has 1 aliphatic heterocycles. The van der Waals surface area contributed by atoms with Crippen molar-refractivity contribution in [2.75, 3.05) is 13.2 Å². The van der Waals surface area contributed by atoms with Crippen molar-refractivity contribution in [3.05, 3.63) is 0 Å².